The van der Waals surface area contributed by atoms with Gasteiger partial charge in [-0.15, -0.1) is 0 Å². The molecule has 1 aliphatic carbocycles. The van der Waals surface area contributed by atoms with Gasteiger partial charge in [0.25, 0.3) is 5.56 Å². The van der Waals surface area contributed by atoms with Crippen LogP contribution in [0.1, 0.15) is 44.9 Å². The molecule has 8 heteroatoms. The molecule has 8 nitrogen and oxygen atoms in total. The average Bonchev–Trinajstić information content (AvgIpc) is 3.26. The van der Waals surface area contributed by atoms with Gasteiger partial charge in [0.05, 0.1) is 29.7 Å². The van der Waals surface area contributed by atoms with Crippen molar-refractivity contribution in [1.82, 2.24) is 25.0 Å². The van der Waals surface area contributed by atoms with E-state index in [1.54, 1.807) is 29.6 Å². The molecule has 1 fully saturated rings. The number of benzene rings is 1. The summed E-state index contributed by atoms with van der Waals surface area (Å²) in [6, 6.07) is 5.56. The zero-order chi connectivity index (χ0) is 23.2. The SMILES string of the molecule is COc1ccc2c(c1)c1c(cnn1CC(=O)NCCCCNCC1CCCCC1)c(=O)n2C. The Balaban J connectivity index is 1.32. The lowest BCUT2D eigenvalue weighted by Gasteiger charge is -2.21. The smallest absolute Gasteiger partial charge is 0.261 e. The average molecular weight is 454 g/mol. The molecule has 33 heavy (non-hydrogen) atoms. The number of methoxy groups -OCH3 is 1. The van der Waals surface area contributed by atoms with Gasteiger partial charge in [0.1, 0.15) is 12.3 Å². The number of aromatic nitrogens is 3. The highest BCUT2D eigenvalue weighted by atomic mass is 16.5. The quantitative estimate of drug-likeness (QED) is 0.461. The van der Waals surface area contributed by atoms with Crippen LogP contribution in [0.15, 0.2) is 29.2 Å². The third-order valence-electron chi connectivity index (χ3n) is 6.75. The minimum absolute atomic E-state index is 0.0723. The fraction of sp³-hybridized carbons (Fsp3) is 0.560. The van der Waals surface area contributed by atoms with Gasteiger partial charge in [0.15, 0.2) is 0 Å². The number of pyridine rings is 1. The van der Waals surface area contributed by atoms with Gasteiger partial charge in [-0.3, -0.25) is 14.3 Å². The van der Waals surface area contributed by atoms with Crippen LogP contribution in [0.25, 0.3) is 21.8 Å². The second-order valence-corrected chi connectivity index (χ2v) is 9.08. The number of nitrogens with zero attached hydrogens (tertiary/aromatic N) is 3. The van der Waals surface area contributed by atoms with Crippen LogP contribution in [0.5, 0.6) is 5.75 Å². The number of fused-ring (bicyclic) bond motifs is 3. The molecule has 0 spiro atoms. The van der Waals surface area contributed by atoms with E-state index in [4.69, 9.17) is 4.74 Å². The van der Waals surface area contributed by atoms with E-state index in [-0.39, 0.29) is 18.0 Å². The molecule has 0 radical (unpaired) electrons. The van der Waals surface area contributed by atoms with Crippen LogP contribution in [0, 0.1) is 5.92 Å². The standard InChI is InChI=1S/C25H35N5O3/c1-29-22-11-10-19(33-2)14-20(22)24-21(25(29)32)16-28-30(24)17-23(31)27-13-7-6-12-26-15-18-8-4-3-5-9-18/h10-11,14,16,18,26H,3-9,12-13,15,17H2,1-2H3,(H,27,31). The maximum atomic E-state index is 12.8. The molecule has 0 atom stereocenters. The zero-order valence-corrected chi connectivity index (χ0v) is 19.7. The minimum Gasteiger partial charge on any atom is -0.497 e. The van der Waals surface area contributed by atoms with Crippen molar-refractivity contribution >= 4 is 27.7 Å². The summed E-state index contributed by atoms with van der Waals surface area (Å²) in [6.07, 6.45) is 10.4. The Kier molecular flexibility index (Phi) is 7.65. The summed E-state index contributed by atoms with van der Waals surface area (Å²) in [5.41, 5.74) is 1.31. The first-order valence-corrected chi connectivity index (χ1v) is 12.1. The number of hydrogen-bond donors (Lipinski definition) is 2. The van der Waals surface area contributed by atoms with Crippen LogP contribution in [0.3, 0.4) is 0 Å². The molecular formula is C25H35N5O3. The van der Waals surface area contributed by atoms with Crippen LogP contribution < -0.4 is 20.9 Å². The number of ether oxygens (including phenoxy) is 1. The number of aryl methyl sites for hydroxylation is 1. The van der Waals surface area contributed by atoms with Gasteiger partial charge < -0.3 is 19.9 Å². The van der Waals surface area contributed by atoms with E-state index in [2.05, 4.69) is 15.7 Å². The molecule has 4 rings (SSSR count). The highest BCUT2D eigenvalue weighted by Crippen LogP contribution is 2.26. The first kappa shape index (κ1) is 23.3. The summed E-state index contributed by atoms with van der Waals surface area (Å²) in [4.78, 5) is 25.3. The van der Waals surface area contributed by atoms with Crippen molar-refractivity contribution in [3.8, 4) is 5.75 Å². The van der Waals surface area contributed by atoms with E-state index in [1.165, 1.54) is 32.1 Å². The van der Waals surface area contributed by atoms with Gasteiger partial charge in [-0.2, -0.15) is 5.10 Å². The number of unbranched alkanes of at least 4 members (excludes halogenated alkanes) is 1. The lowest BCUT2D eigenvalue weighted by molar-refractivity contribution is -0.121. The Labute approximate surface area is 194 Å². The topological polar surface area (TPSA) is 90.2 Å². The predicted octanol–water partition coefficient (Wildman–Crippen LogP) is 2.96. The van der Waals surface area contributed by atoms with E-state index in [9.17, 15) is 9.59 Å². The molecule has 178 valence electrons. The second kappa shape index (κ2) is 10.8. The van der Waals surface area contributed by atoms with Crippen LogP contribution in [0.2, 0.25) is 0 Å². The molecule has 0 unspecified atom stereocenters. The van der Waals surface area contributed by atoms with E-state index in [0.717, 1.165) is 42.8 Å². The fourth-order valence-corrected chi connectivity index (χ4v) is 4.85. The molecular weight excluding hydrogens is 418 g/mol. The third-order valence-corrected chi connectivity index (χ3v) is 6.75. The van der Waals surface area contributed by atoms with E-state index < -0.39 is 0 Å². The molecule has 0 bridgehead atoms. The zero-order valence-electron chi connectivity index (χ0n) is 19.7. The number of nitrogens with one attached hydrogen (secondary N) is 2. The highest BCUT2D eigenvalue weighted by Gasteiger charge is 2.16. The van der Waals surface area contributed by atoms with E-state index >= 15 is 0 Å². The number of amides is 1. The summed E-state index contributed by atoms with van der Waals surface area (Å²) >= 11 is 0. The Morgan fingerprint density at radius 1 is 1.15 bits per heavy atom. The Hall–Kier alpha value is -2.87. The van der Waals surface area contributed by atoms with Gasteiger partial charge in [-0.1, -0.05) is 19.3 Å². The molecule has 0 saturated heterocycles. The van der Waals surface area contributed by atoms with Gasteiger partial charge in [0, 0.05) is 19.0 Å². The van der Waals surface area contributed by atoms with Gasteiger partial charge in [0.2, 0.25) is 5.91 Å². The monoisotopic (exact) mass is 453 g/mol. The van der Waals surface area contributed by atoms with Crippen molar-refractivity contribution in [2.24, 2.45) is 13.0 Å². The van der Waals surface area contributed by atoms with E-state index in [1.807, 2.05) is 18.2 Å². The number of carbonyl (C=O) groups is 1. The molecule has 1 saturated carbocycles. The molecule has 2 aromatic heterocycles. The van der Waals surface area contributed by atoms with Gasteiger partial charge in [-0.25, -0.2) is 0 Å². The van der Waals surface area contributed by atoms with Crippen LogP contribution in [0.4, 0.5) is 0 Å². The minimum atomic E-state index is -0.130. The second-order valence-electron chi connectivity index (χ2n) is 9.08. The van der Waals surface area contributed by atoms with E-state index in [0.29, 0.717) is 23.2 Å². The molecule has 1 amide bonds. The van der Waals surface area contributed by atoms with Gasteiger partial charge in [-0.05, 0) is 62.9 Å². The van der Waals surface area contributed by atoms with Crippen LogP contribution in [-0.2, 0) is 18.4 Å². The molecule has 2 heterocycles. The Morgan fingerprint density at radius 2 is 1.94 bits per heavy atom. The van der Waals surface area contributed by atoms with Crippen LogP contribution in [-0.4, -0.2) is 47.0 Å². The Bertz CT molecular complexity index is 1160. The molecule has 3 aromatic rings. The van der Waals surface area contributed by atoms with Gasteiger partial charge >= 0.3 is 0 Å². The van der Waals surface area contributed by atoms with Crippen molar-refractivity contribution in [2.45, 2.75) is 51.5 Å². The summed E-state index contributed by atoms with van der Waals surface area (Å²) in [7, 11) is 3.35. The number of hydrogen-bond acceptors (Lipinski definition) is 5. The Morgan fingerprint density at radius 3 is 2.73 bits per heavy atom. The molecule has 2 N–H and O–H groups in total. The first-order valence-electron chi connectivity index (χ1n) is 12.1. The fourth-order valence-electron chi connectivity index (χ4n) is 4.85. The first-order chi connectivity index (χ1) is 16.1. The maximum Gasteiger partial charge on any atom is 0.261 e. The van der Waals surface area contributed by atoms with Crippen molar-refractivity contribution < 1.29 is 9.53 Å². The van der Waals surface area contributed by atoms with Crippen LogP contribution >= 0.6 is 0 Å². The van der Waals surface area contributed by atoms with Crippen molar-refractivity contribution in [3.05, 3.63) is 34.7 Å². The van der Waals surface area contributed by atoms with Crippen molar-refractivity contribution in [3.63, 3.8) is 0 Å². The predicted molar refractivity (Wildman–Crippen MR) is 131 cm³/mol. The summed E-state index contributed by atoms with van der Waals surface area (Å²) in [5, 5.41) is 12.2. The maximum absolute atomic E-state index is 12.8. The largest absolute Gasteiger partial charge is 0.497 e. The summed E-state index contributed by atoms with van der Waals surface area (Å²) < 4.78 is 8.58. The number of rotatable bonds is 10. The lowest BCUT2D eigenvalue weighted by atomic mass is 9.89. The summed E-state index contributed by atoms with van der Waals surface area (Å²) in [5.74, 6) is 1.43. The van der Waals surface area contributed by atoms with Crippen molar-refractivity contribution in [2.75, 3.05) is 26.7 Å². The summed E-state index contributed by atoms with van der Waals surface area (Å²) in [6.45, 7) is 2.83. The van der Waals surface area contributed by atoms with Crippen molar-refractivity contribution in [1.29, 1.82) is 0 Å². The molecule has 0 aliphatic heterocycles. The normalized spacial score (nSPS) is 14.7. The molecule has 1 aliphatic rings. The highest BCUT2D eigenvalue weighted by molar-refractivity contribution is 6.04. The third kappa shape index (κ3) is 5.38. The molecule has 1 aromatic carbocycles. The lowest BCUT2D eigenvalue weighted by Crippen LogP contribution is -2.30. The number of carbonyl (C=O) groups excluding carboxylic acids is 1.